The first-order chi connectivity index (χ1) is 16.2. The number of carboxylic acids is 1. The molecule has 3 N–H and O–H groups in total. The third-order valence-corrected chi connectivity index (χ3v) is 5.48. The molecule has 0 radical (unpaired) electrons. The van der Waals surface area contributed by atoms with Gasteiger partial charge in [-0.2, -0.15) is 0 Å². The molecule has 34 heavy (non-hydrogen) atoms. The summed E-state index contributed by atoms with van der Waals surface area (Å²) < 4.78 is 20.1. The molecule has 9 nitrogen and oxygen atoms in total. The van der Waals surface area contributed by atoms with Crippen LogP contribution in [-0.4, -0.2) is 51.5 Å². The van der Waals surface area contributed by atoms with Crippen LogP contribution in [-0.2, 0) is 14.3 Å². The summed E-state index contributed by atoms with van der Waals surface area (Å²) in [5, 5.41) is 15.0. The maximum absolute atomic E-state index is 13.4. The molecule has 0 aliphatic carbocycles. The SMILES string of the molecule is CCOC(=O)CNc1c(-c2ccc(F)cc2)nc2cc(C(=O)NC(C(=O)O)C(C)CC)ccn12. The van der Waals surface area contributed by atoms with E-state index in [0.29, 0.717) is 29.1 Å². The van der Waals surface area contributed by atoms with E-state index in [9.17, 15) is 23.9 Å². The summed E-state index contributed by atoms with van der Waals surface area (Å²) in [5.41, 5.74) is 1.67. The van der Waals surface area contributed by atoms with Crippen molar-refractivity contribution < 1.29 is 28.6 Å². The summed E-state index contributed by atoms with van der Waals surface area (Å²) in [6, 6.07) is 7.75. The third kappa shape index (κ3) is 5.51. The number of esters is 1. The number of hydrogen-bond donors (Lipinski definition) is 3. The number of hydrogen-bond acceptors (Lipinski definition) is 6. The third-order valence-electron chi connectivity index (χ3n) is 5.48. The lowest BCUT2D eigenvalue weighted by atomic mass is 9.99. The zero-order valence-electron chi connectivity index (χ0n) is 19.2. The fourth-order valence-corrected chi connectivity index (χ4v) is 3.44. The summed E-state index contributed by atoms with van der Waals surface area (Å²) in [4.78, 5) is 40.8. The number of aliphatic carboxylic acids is 1. The maximum Gasteiger partial charge on any atom is 0.326 e. The Hall–Kier alpha value is -3.95. The molecule has 0 aliphatic heterocycles. The molecule has 0 aliphatic rings. The minimum atomic E-state index is -1.10. The van der Waals surface area contributed by atoms with E-state index in [-0.39, 0.29) is 24.6 Å². The molecule has 0 saturated heterocycles. The van der Waals surface area contributed by atoms with Crippen LogP contribution < -0.4 is 10.6 Å². The van der Waals surface area contributed by atoms with E-state index >= 15 is 0 Å². The Balaban J connectivity index is 1.98. The topological polar surface area (TPSA) is 122 Å². The Morgan fingerprint density at radius 3 is 2.50 bits per heavy atom. The number of carboxylic acid groups (broad SMARTS) is 1. The van der Waals surface area contributed by atoms with Crippen molar-refractivity contribution in [2.45, 2.75) is 33.2 Å². The van der Waals surface area contributed by atoms with E-state index < -0.39 is 29.7 Å². The van der Waals surface area contributed by atoms with E-state index in [4.69, 9.17) is 4.74 Å². The molecule has 0 saturated carbocycles. The van der Waals surface area contributed by atoms with Gasteiger partial charge in [-0.1, -0.05) is 20.3 Å². The highest BCUT2D eigenvalue weighted by atomic mass is 19.1. The van der Waals surface area contributed by atoms with Crippen molar-refractivity contribution in [1.82, 2.24) is 14.7 Å². The molecular formula is C24H27FN4O5. The molecule has 0 fully saturated rings. The van der Waals surface area contributed by atoms with Crippen molar-refractivity contribution in [3.63, 3.8) is 0 Å². The number of aromatic nitrogens is 2. The van der Waals surface area contributed by atoms with Gasteiger partial charge in [-0.25, -0.2) is 14.2 Å². The number of amides is 1. The van der Waals surface area contributed by atoms with Crippen LogP contribution in [0.4, 0.5) is 10.2 Å². The van der Waals surface area contributed by atoms with Crippen molar-refractivity contribution in [3.8, 4) is 11.3 Å². The molecule has 0 bridgehead atoms. The highest BCUT2D eigenvalue weighted by Crippen LogP contribution is 2.29. The number of ether oxygens (including phenoxy) is 1. The summed E-state index contributed by atoms with van der Waals surface area (Å²) in [6.07, 6.45) is 2.18. The Bertz CT molecular complexity index is 1190. The van der Waals surface area contributed by atoms with Gasteiger partial charge in [-0.3, -0.25) is 14.0 Å². The highest BCUT2D eigenvalue weighted by Gasteiger charge is 2.26. The predicted octanol–water partition coefficient (Wildman–Crippen LogP) is 3.34. The average molecular weight is 471 g/mol. The first-order valence-electron chi connectivity index (χ1n) is 11.0. The number of carbonyl (C=O) groups excluding carboxylic acids is 2. The molecule has 3 aromatic rings. The minimum Gasteiger partial charge on any atom is -0.480 e. The van der Waals surface area contributed by atoms with E-state index in [1.165, 1.54) is 24.3 Å². The molecule has 0 spiro atoms. The summed E-state index contributed by atoms with van der Waals surface area (Å²) >= 11 is 0. The molecule has 1 amide bonds. The Morgan fingerprint density at radius 2 is 1.88 bits per heavy atom. The number of benzene rings is 1. The number of carbonyl (C=O) groups is 3. The minimum absolute atomic E-state index is 0.118. The van der Waals surface area contributed by atoms with Gasteiger partial charge in [0.1, 0.15) is 35.6 Å². The fraction of sp³-hybridized carbons (Fsp3) is 0.333. The number of imidazole rings is 1. The van der Waals surface area contributed by atoms with Gasteiger partial charge in [0.15, 0.2) is 0 Å². The molecule has 3 rings (SSSR count). The van der Waals surface area contributed by atoms with Gasteiger partial charge >= 0.3 is 11.9 Å². The van der Waals surface area contributed by atoms with Crippen molar-refractivity contribution >= 4 is 29.3 Å². The lowest BCUT2D eigenvalue weighted by Gasteiger charge is -2.20. The number of pyridine rings is 1. The Kier molecular flexibility index (Phi) is 7.83. The average Bonchev–Trinajstić information content (AvgIpc) is 3.18. The number of anilines is 1. The monoisotopic (exact) mass is 470 g/mol. The van der Waals surface area contributed by atoms with E-state index in [0.717, 1.165) is 0 Å². The summed E-state index contributed by atoms with van der Waals surface area (Å²) in [6.45, 7) is 5.44. The largest absolute Gasteiger partial charge is 0.480 e. The molecule has 10 heteroatoms. The normalized spacial score (nSPS) is 12.7. The van der Waals surface area contributed by atoms with Gasteiger partial charge in [0, 0.05) is 17.3 Å². The van der Waals surface area contributed by atoms with Gasteiger partial charge in [-0.05, 0) is 49.2 Å². The lowest BCUT2D eigenvalue weighted by molar-refractivity contribution is -0.141. The van der Waals surface area contributed by atoms with Crippen LogP contribution in [0.5, 0.6) is 0 Å². The van der Waals surface area contributed by atoms with Crippen LogP contribution in [0.25, 0.3) is 16.9 Å². The van der Waals surface area contributed by atoms with Crippen LogP contribution >= 0.6 is 0 Å². The zero-order chi connectivity index (χ0) is 24.8. The number of fused-ring (bicyclic) bond motifs is 1. The van der Waals surface area contributed by atoms with E-state index in [1.807, 2.05) is 6.92 Å². The van der Waals surface area contributed by atoms with E-state index in [1.54, 1.807) is 36.6 Å². The highest BCUT2D eigenvalue weighted by molar-refractivity contribution is 5.97. The van der Waals surface area contributed by atoms with Crippen molar-refractivity contribution in [2.75, 3.05) is 18.5 Å². The maximum atomic E-state index is 13.4. The van der Waals surface area contributed by atoms with Crippen LogP contribution in [0, 0.1) is 11.7 Å². The van der Waals surface area contributed by atoms with E-state index in [2.05, 4.69) is 15.6 Å². The molecule has 180 valence electrons. The number of nitrogens with zero attached hydrogens (tertiary/aromatic N) is 2. The fourth-order valence-electron chi connectivity index (χ4n) is 3.44. The van der Waals surface area contributed by atoms with Crippen LogP contribution in [0.15, 0.2) is 42.6 Å². The zero-order valence-corrected chi connectivity index (χ0v) is 19.2. The van der Waals surface area contributed by atoms with Gasteiger partial charge in [0.05, 0.1) is 6.61 Å². The summed E-state index contributed by atoms with van der Waals surface area (Å²) in [7, 11) is 0. The first-order valence-corrected chi connectivity index (χ1v) is 11.0. The standard InChI is InChI=1S/C24H27FN4O5/c1-4-14(3)20(24(32)33)28-23(31)16-10-11-29-18(12-16)27-21(15-6-8-17(25)9-7-15)22(29)26-13-19(30)34-5-2/h6-12,14,20,26H,4-5,13H2,1-3H3,(H,28,31)(H,32,33). The van der Waals surface area contributed by atoms with Crippen molar-refractivity contribution in [3.05, 3.63) is 54.0 Å². The van der Waals surface area contributed by atoms with Gasteiger partial charge in [-0.15, -0.1) is 0 Å². The van der Waals surface area contributed by atoms with Crippen LogP contribution in [0.2, 0.25) is 0 Å². The molecule has 2 aromatic heterocycles. The van der Waals surface area contributed by atoms with Crippen molar-refractivity contribution in [2.24, 2.45) is 5.92 Å². The molecule has 2 atom stereocenters. The molecule has 2 heterocycles. The Labute approximate surface area is 195 Å². The van der Waals surface area contributed by atoms with Crippen molar-refractivity contribution in [1.29, 1.82) is 0 Å². The van der Waals surface area contributed by atoms with Gasteiger partial charge < -0.3 is 20.5 Å². The van der Waals surface area contributed by atoms with Crippen LogP contribution in [0.3, 0.4) is 0 Å². The summed E-state index contributed by atoms with van der Waals surface area (Å²) in [5.74, 6) is -2.29. The number of rotatable bonds is 10. The van der Waals surface area contributed by atoms with Crippen LogP contribution in [0.1, 0.15) is 37.6 Å². The number of nitrogens with one attached hydrogen (secondary N) is 2. The smallest absolute Gasteiger partial charge is 0.326 e. The van der Waals surface area contributed by atoms with Gasteiger partial charge in [0.2, 0.25) is 0 Å². The first kappa shape index (κ1) is 24.7. The molecule has 1 aromatic carbocycles. The second kappa shape index (κ2) is 10.8. The second-order valence-corrected chi connectivity index (χ2v) is 7.79. The molecular weight excluding hydrogens is 443 g/mol. The second-order valence-electron chi connectivity index (χ2n) is 7.79. The quantitative estimate of drug-likeness (QED) is 0.389. The predicted molar refractivity (Wildman–Crippen MR) is 124 cm³/mol. The number of halogens is 1. The van der Waals surface area contributed by atoms with Gasteiger partial charge in [0.25, 0.3) is 5.91 Å². The lowest BCUT2D eigenvalue weighted by Crippen LogP contribution is -2.45. The molecule has 2 unspecified atom stereocenters. The Morgan fingerprint density at radius 1 is 1.18 bits per heavy atom.